The Hall–Kier alpha value is -2.36. The number of benzene rings is 1. The number of carbonyl (C=O) groups excluding carboxylic acids is 2. The molecule has 0 saturated carbocycles. The van der Waals surface area contributed by atoms with Gasteiger partial charge in [0.2, 0.25) is 5.78 Å². The second-order valence-corrected chi connectivity index (χ2v) is 4.80. The van der Waals surface area contributed by atoms with Crippen molar-refractivity contribution in [3.05, 3.63) is 59.5 Å². The van der Waals surface area contributed by atoms with Gasteiger partial charge in [0.15, 0.2) is 0 Å². The summed E-state index contributed by atoms with van der Waals surface area (Å²) in [4.78, 5) is 25.7. The molecule has 0 aliphatic carbocycles. The highest BCUT2D eigenvalue weighted by molar-refractivity contribution is 6.42. The van der Waals surface area contributed by atoms with Crippen molar-refractivity contribution in [2.75, 3.05) is 7.05 Å². The zero-order valence-corrected chi connectivity index (χ0v) is 11.8. The van der Waals surface area contributed by atoms with Gasteiger partial charge in [-0.05, 0) is 26.0 Å². The van der Waals surface area contributed by atoms with Crippen LogP contribution in [0.15, 0.2) is 47.1 Å². The first-order chi connectivity index (χ1) is 9.50. The fraction of sp³-hybridized carbons (Fsp3) is 0.250. The Morgan fingerprint density at radius 3 is 2.35 bits per heavy atom. The van der Waals surface area contributed by atoms with Crippen LogP contribution in [0.1, 0.15) is 34.6 Å². The highest BCUT2D eigenvalue weighted by Gasteiger charge is 2.25. The highest BCUT2D eigenvalue weighted by Crippen LogP contribution is 2.20. The minimum absolute atomic E-state index is 0.285. The number of Topliss-reactive ketones (excluding diaryl/α,β-unsaturated/α-hetero) is 1. The lowest BCUT2D eigenvalue weighted by molar-refractivity contribution is -0.127. The molecule has 1 atom stereocenters. The Balaban J connectivity index is 2.14. The SMILES string of the molecule is Cc1ccc(C(=O)C(=O)N(C)C(C)c2ccco2)cc1. The number of hydrogen-bond acceptors (Lipinski definition) is 3. The van der Waals surface area contributed by atoms with Crippen LogP contribution in [0.3, 0.4) is 0 Å². The van der Waals surface area contributed by atoms with Crippen LogP contribution in [0, 0.1) is 6.92 Å². The lowest BCUT2D eigenvalue weighted by atomic mass is 10.1. The Kier molecular flexibility index (Phi) is 4.03. The Morgan fingerprint density at radius 2 is 1.80 bits per heavy atom. The quantitative estimate of drug-likeness (QED) is 0.634. The van der Waals surface area contributed by atoms with Gasteiger partial charge in [0.1, 0.15) is 5.76 Å². The van der Waals surface area contributed by atoms with E-state index in [-0.39, 0.29) is 6.04 Å². The van der Waals surface area contributed by atoms with Crippen molar-refractivity contribution in [3.63, 3.8) is 0 Å². The summed E-state index contributed by atoms with van der Waals surface area (Å²) in [6.45, 7) is 3.75. The third kappa shape index (κ3) is 2.79. The summed E-state index contributed by atoms with van der Waals surface area (Å²) in [6.07, 6.45) is 1.55. The predicted molar refractivity (Wildman–Crippen MR) is 75.4 cm³/mol. The Labute approximate surface area is 118 Å². The lowest BCUT2D eigenvalue weighted by Gasteiger charge is -2.22. The average Bonchev–Trinajstić information content (AvgIpc) is 2.99. The van der Waals surface area contributed by atoms with E-state index in [0.717, 1.165) is 5.56 Å². The summed E-state index contributed by atoms with van der Waals surface area (Å²) < 4.78 is 5.26. The molecule has 0 spiro atoms. The van der Waals surface area contributed by atoms with Crippen molar-refractivity contribution in [1.82, 2.24) is 4.90 Å². The first-order valence-corrected chi connectivity index (χ1v) is 6.42. The normalized spacial score (nSPS) is 11.9. The largest absolute Gasteiger partial charge is 0.467 e. The number of rotatable bonds is 4. The molecule has 4 heteroatoms. The van der Waals surface area contributed by atoms with Crippen LogP contribution in [0.4, 0.5) is 0 Å². The molecule has 4 nitrogen and oxygen atoms in total. The maximum atomic E-state index is 12.2. The number of hydrogen-bond donors (Lipinski definition) is 0. The summed E-state index contributed by atoms with van der Waals surface area (Å²) in [5.41, 5.74) is 1.45. The van der Waals surface area contributed by atoms with Gasteiger partial charge in [-0.2, -0.15) is 0 Å². The van der Waals surface area contributed by atoms with Crippen LogP contribution in [-0.2, 0) is 4.79 Å². The maximum absolute atomic E-state index is 12.2. The minimum Gasteiger partial charge on any atom is -0.467 e. The fourth-order valence-corrected chi connectivity index (χ4v) is 1.88. The Morgan fingerprint density at radius 1 is 1.15 bits per heavy atom. The van der Waals surface area contributed by atoms with E-state index in [9.17, 15) is 9.59 Å². The van der Waals surface area contributed by atoms with E-state index in [4.69, 9.17) is 4.42 Å². The number of aryl methyl sites for hydroxylation is 1. The lowest BCUT2D eigenvalue weighted by Crippen LogP contribution is -2.35. The van der Waals surface area contributed by atoms with Crippen LogP contribution in [0.5, 0.6) is 0 Å². The van der Waals surface area contributed by atoms with Gasteiger partial charge >= 0.3 is 0 Å². The molecule has 2 aromatic rings. The van der Waals surface area contributed by atoms with Crippen molar-refractivity contribution in [2.45, 2.75) is 19.9 Å². The van der Waals surface area contributed by atoms with E-state index in [1.165, 1.54) is 4.90 Å². The van der Waals surface area contributed by atoms with Crippen molar-refractivity contribution >= 4 is 11.7 Å². The molecule has 2 rings (SSSR count). The van der Waals surface area contributed by atoms with Gasteiger partial charge in [-0.1, -0.05) is 29.8 Å². The molecule has 1 heterocycles. The van der Waals surface area contributed by atoms with Gasteiger partial charge < -0.3 is 9.32 Å². The number of nitrogens with zero attached hydrogens (tertiary/aromatic N) is 1. The molecule has 0 radical (unpaired) electrons. The van der Waals surface area contributed by atoms with Crippen LogP contribution < -0.4 is 0 Å². The molecule has 1 aromatic carbocycles. The number of furan rings is 1. The fourth-order valence-electron chi connectivity index (χ4n) is 1.88. The van der Waals surface area contributed by atoms with E-state index in [1.54, 1.807) is 37.6 Å². The van der Waals surface area contributed by atoms with Gasteiger partial charge in [0, 0.05) is 12.6 Å². The van der Waals surface area contributed by atoms with Crippen LogP contribution in [0.25, 0.3) is 0 Å². The van der Waals surface area contributed by atoms with Gasteiger partial charge in [-0.3, -0.25) is 9.59 Å². The van der Waals surface area contributed by atoms with E-state index < -0.39 is 11.7 Å². The molecule has 0 aliphatic heterocycles. The smallest absolute Gasteiger partial charge is 0.295 e. The van der Waals surface area contributed by atoms with E-state index in [2.05, 4.69) is 0 Å². The van der Waals surface area contributed by atoms with Crippen molar-refractivity contribution in [1.29, 1.82) is 0 Å². The van der Waals surface area contributed by atoms with E-state index in [0.29, 0.717) is 11.3 Å². The molecule has 20 heavy (non-hydrogen) atoms. The second kappa shape index (κ2) is 5.74. The van der Waals surface area contributed by atoms with E-state index in [1.807, 2.05) is 26.0 Å². The van der Waals surface area contributed by atoms with Crippen molar-refractivity contribution in [2.24, 2.45) is 0 Å². The summed E-state index contributed by atoms with van der Waals surface area (Å²) in [5, 5.41) is 0. The second-order valence-electron chi connectivity index (χ2n) is 4.80. The number of likely N-dealkylation sites (N-methyl/N-ethyl adjacent to an activating group) is 1. The third-order valence-corrected chi connectivity index (χ3v) is 3.36. The summed E-state index contributed by atoms with van der Waals surface area (Å²) in [7, 11) is 1.60. The molecule has 1 unspecified atom stereocenters. The monoisotopic (exact) mass is 271 g/mol. The average molecular weight is 271 g/mol. The molecule has 104 valence electrons. The van der Waals surface area contributed by atoms with Crippen molar-refractivity contribution < 1.29 is 14.0 Å². The predicted octanol–water partition coefficient (Wildman–Crippen LogP) is 2.99. The molecule has 1 aromatic heterocycles. The van der Waals surface area contributed by atoms with Gasteiger partial charge in [0.05, 0.1) is 12.3 Å². The third-order valence-electron chi connectivity index (χ3n) is 3.36. The van der Waals surface area contributed by atoms with Crippen LogP contribution in [-0.4, -0.2) is 23.6 Å². The van der Waals surface area contributed by atoms with Crippen LogP contribution in [0.2, 0.25) is 0 Å². The molecular formula is C16H17NO3. The topological polar surface area (TPSA) is 50.5 Å². The number of carbonyl (C=O) groups is 2. The standard InChI is InChI=1S/C16H17NO3/c1-11-6-8-13(9-7-11)15(18)16(19)17(3)12(2)14-5-4-10-20-14/h4-10,12H,1-3H3. The molecule has 0 saturated heterocycles. The van der Waals surface area contributed by atoms with Gasteiger partial charge in [-0.25, -0.2) is 0 Å². The summed E-state index contributed by atoms with van der Waals surface area (Å²) >= 11 is 0. The van der Waals surface area contributed by atoms with Gasteiger partial charge in [-0.15, -0.1) is 0 Å². The molecular weight excluding hydrogens is 254 g/mol. The summed E-state index contributed by atoms with van der Waals surface area (Å²) in [6, 6.07) is 10.2. The molecule has 0 aliphatic rings. The molecule has 0 N–H and O–H groups in total. The molecule has 1 amide bonds. The summed E-state index contributed by atoms with van der Waals surface area (Å²) in [5.74, 6) is -0.402. The zero-order chi connectivity index (χ0) is 14.7. The molecule has 0 bridgehead atoms. The van der Waals surface area contributed by atoms with Crippen LogP contribution >= 0.6 is 0 Å². The van der Waals surface area contributed by atoms with E-state index >= 15 is 0 Å². The van der Waals surface area contributed by atoms with Gasteiger partial charge in [0.25, 0.3) is 5.91 Å². The van der Waals surface area contributed by atoms with Crippen molar-refractivity contribution in [3.8, 4) is 0 Å². The highest BCUT2D eigenvalue weighted by atomic mass is 16.3. The first-order valence-electron chi connectivity index (χ1n) is 6.42. The molecule has 0 fully saturated rings. The minimum atomic E-state index is -0.544. The first kappa shape index (κ1) is 14.1. The Bertz CT molecular complexity index is 599. The number of amides is 1. The zero-order valence-electron chi connectivity index (χ0n) is 11.8. The number of ketones is 1. The maximum Gasteiger partial charge on any atom is 0.295 e.